The molecular weight excluding hydrogens is 248 g/mol. The molecule has 1 amide bonds. The van der Waals surface area contributed by atoms with Crippen LogP contribution >= 0.6 is 0 Å². The van der Waals surface area contributed by atoms with Crippen molar-refractivity contribution >= 4 is 11.9 Å². The molecule has 19 heavy (non-hydrogen) atoms. The molecule has 0 bridgehead atoms. The van der Waals surface area contributed by atoms with Crippen LogP contribution in [0, 0.1) is 17.3 Å². The van der Waals surface area contributed by atoms with Crippen molar-refractivity contribution in [1.82, 2.24) is 4.90 Å². The fourth-order valence-electron chi connectivity index (χ4n) is 2.80. The van der Waals surface area contributed by atoms with E-state index < -0.39 is 17.3 Å². The molecule has 2 rings (SSSR count). The minimum Gasteiger partial charge on any atom is -0.481 e. The molecule has 0 aromatic rings. The van der Waals surface area contributed by atoms with Gasteiger partial charge in [-0.3, -0.25) is 9.59 Å². The Morgan fingerprint density at radius 3 is 2.47 bits per heavy atom. The molecule has 0 aliphatic carbocycles. The van der Waals surface area contributed by atoms with Gasteiger partial charge in [-0.05, 0) is 12.8 Å². The summed E-state index contributed by atoms with van der Waals surface area (Å²) in [6.45, 7) is 4.26. The first-order valence-electron chi connectivity index (χ1n) is 6.80. The van der Waals surface area contributed by atoms with E-state index >= 15 is 0 Å². The molecule has 2 heterocycles. The summed E-state index contributed by atoms with van der Waals surface area (Å²) in [4.78, 5) is 25.2. The Morgan fingerprint density at radius 1 is 1.42 bits per heavy atom. The van der Waals surface area contributed by atoms with E-state index in [1.807, 2.05) is 0 Å². The van der Waals surface area contributed by atoms with E-state index in [9.17, 15) is 9.59 Å². The summed E-state index contributed by atoms with van der Waals surface area (Å²) in [6, 6.07) is 0. The zero-order valence-corrected chi connectivity index (χ0v) is 11.3. The molecule has 6 nitrogen and oxygen atoms in total. The third-order valence-electron chi connectivity index (χ3n) is 4.59. The zero-order valence-electron chi connectivity index (χ0n) is 11.3. The van der Waals surface area contributed by atoms with Gasteiger partial charge in [-0.15, -0.1) is 0 Å². The predicted molar refractivity (Wildman–Crippen MR) is 68.4 cm³/mol. The summed E-state index contributed by atoms with van der Waals surface area (Å²) >= 11 is 0. The monoisotopic (exact) mass is 270 g/mol. The van der Waals surface area contributed by atoms with Gasteiger partial charge in [-0.1, -0.05) is 6.92 Å². The van der Waals surface area contributed by atoms with Crippen molar-refractivity contribution in [3.05, 3.63) is 0 Å². The summed E-state index contributed by atoms with van der Waals surface area (Å²) in [5, 5.41) is 8.95. The first-order valence-corrected chi connectivity index (χ1v) is 6.80. The fraction of sp³-hybridized carbons (Fsp3) is 0.846. The number of carboxylic acid groups (broad SMARTS) is 1. The fourth-order valence-corrected chi connectivity index (χ4v) is 2.80. The standard InChI is InChI=1S/C13H22N2O4/c1-9(11(16)17)10-6-15(7-10)12(18)13(8-14)2-4-19-5-3-13/h9-10H,2-8,14H2,1H3,(H,16,17). The first kappa shape index (κ1) is 14.3. The summed E-state index contributed by atoms with van der Waals surface area (Å²) < 4.78 is 5.29. The highest BCUT2D eigenvalue weighted by Gasteiger charge is 2.46. The maximum absolute atomic E-state index is 12.5. The van der Waals surface area contributed by atoms with Gasteiger partial charge in [0.05, 0.1) is 11.3 Å². The Balaban J connectivity index is 1.93. The second kappa shape index (κ2) is 5.46. The van der Waals surface area contributed by atoms with Gasteiger partial charge in [-0.2, -0.15) is 0 Å². The van der Waals surface area contributed by atoms with E-state index in [0.29, 0.717) is 45.7 Å². The van der Waals surface area contributed by atoms with Gasteiger partial charge in [0.15, 0.2) is 0 Å². The summed E-state index contributed by atoms with van der Waals surface area (Å²) in [6.07, 6.45) is 1.33. The van der Waals surface area contributed by atoms with E-state index in [0.717, 1.165) is 0 Å². The van der Waals surface area contributed by atoms with Crippen molar-refractivity contribution < 1.29 is 19.4 Å². The van der Waals surface area contributed by atoms with Crippen LogP contribution in [0.1, 0.15) is 19.8 Å². The zero-order chi connectivity index (χ0) is 14.0. The second-order valence-electron chi connectivity index (χ2n) is 5.69. The van der Waals surface area contributed by atoms with Gasteiger partial charge < -0.3 is 20.5 Å². The molecule has 0 saturated carbocycles. The number of carbonyl (C=O) groups is 2. The number of aliphatic carboxylic acids is 1. The highest BCUT2D eigenvalue weighted by Crippen LogP contribution is 2.35. The molecule has 108 valence electrons. The number of likely N-dealkylation sites (tertiary alicyclic amines) is 1. The normalized spacial score (nSPS) is 24.6. The molecule has 2 aliphatic rings. The predicted octanol–water partition coefficient (Wildman–Crippen LogP) is -0.0790. The number of hydrogen-bond acceptors (Lipinski definition) is 4. The van der Waals surface area contributed by atoms with Crippen molar-refractivity contribution in [1.29, 1.82) is 0 Å². The van der Waals surface area contributed by atoms with Crippen LogP contribution in [0.25, 0.3) is 0 Å². The van der Waals surface area contributed by atoms with Gasteiger partial charge in [0, 0.05) is 38.8 Å². The van der Waals surface area contributed by atoms with Crippen molar-refractivity contribution in [2.75, 3.05) is 32.8 Å². The van der Waals surface area contributed by atoms with E-state index in [1.54, 1.807) is 11.8 Å². The van der Waals surface area contributed by atoms with Gasteiger partial charge in [0.2, 0.25) is 5.91 Å². The molecule has 6 heteroatoms. The van der Waals surface area contributed by atoms with Crippen molar-refractivity contribution in [2.24, 2.45) is 23.0 Å². The lowest BCUT2D eigenvalue weighted by Gasteiger charge is -2.47. The number of nitrogens with zero attached hydrogens (tertiary/aromatic N) is 1. The first-order chi connectivity index (χ1) is 9.00. The second-order valence-corrected chi connectivity index (χ2v) is 5.69. The highest BCUT2D eigenvalue weighted by molar-refractivity contribution is 5.84. The van der Waals surface area contributed by atoms with Crippen LogP contribution in [0.2, 0.25) is 0 Å². The lowest BCUT2D eigenvalue weighted by atomic mass is 9.76. The van der Waals surface area contributed by atoms with Crippen molar-refractivity contribution in [3.8, 4) is 0 Å². The Morgan fingerprint density at radius 2 is 2.00 bits per heavy atom. The van der Waals surface area contributed by atoms with Crippen LogP contribution in [-0.4, -0.2) is 54.7 Å². The third kappa shape index (κ3) is 2.60. The Kier molecular flexibility index (Phi) is 4.10. The molecule has 2 aliphatic heterocycles. The average molecular weight is 270 g/mol. The van der Waals surface area contributed by atoms with Crippen LogP contribution in [0.4, 0.5) is 0 Å². The van der Waals surface area contributed by atoms with Crippen LogP contribution < -0.4 is 5.73 Å². The van der Waals surface area contributed by atoms with E-state index in [2.05, 4.69) is 0 Å². The van der Waals surface area contributed by atoms with Gasteiger partial charge >= 0.3 is 5.97 Å². The average Bonchev–Trinajstić information content (AvgIpc) is 2.37. The maximum atomic E-state index is 12.5. The largest absolute Gasteiger partial charge is 0.481 e. The SMILES string of the molecule is CC(C(=O)O)C1CN(C(=O)C2(CN)CCOCC2)C1. The molecule has 1 atom stereocenters. The molecular formula is C13H22N2O4. The Hall–Kier alpha value is -1.14. The van der Waals surface area contributed by atoms with Gasteiger partial charge in [0.25, 0.3) is 0 Å². The van der Waals surface area contributed by atoms with Crippen molar-refractivity contribution in [2.45, 2.75) is 19.8 Å². The Bertz CT molecular complexity index is 360. The highest BCUT2D eigenvalue weighted by atomic mass is 16.5. The van der Waals surface area contributed by atoms with Crippen LogP contribution in [0.3, 0.4) is 0 Å². The molecule has 0 aromatic carbocycles. The number of rotatable bonds is 4. The topological polar surface area (TPSA) is 92.9 Å². The van der Waals surface area contributed by atoms with Gasteiger partial charge in [-0.25, -0.2) is 0 Å². The van der Waals surface area contributed by atoms with E-state index in [1.165, 1.54) is 0 Å². The molecule has 3 N–H and O–H groups in total. The summed E-state index contributed by atoms with van der Waals surface area (Å²) in [5.41, 5.74) is 5.31. The van der Waals surface area contributed by atoms with Crippen LogP contribution in [-0.2, 0) is 14.3 Å². The smallest absolute Gasteiger partial charge is 0.306 e. The minimum absolute atomic E-state index is 0.0658. The number of hydrogen-bond donors (Lipinski definition) is 2. The molecule has 1 unspecified atom stereocenters. The number of nitrogens with two attached hydrogens (primary N) is 1. The maximum Gasteiger partial charge on any atom is 0.306 e. The molecule has 0 radical (unpaired) electrons. The van der Waals surface area contributed by atoms with E-state index in [-0.39, 0.29) is 11.8 Å². The van der Waals surface area contributed by atoms with Crippen LogP contribution in [0.5, 0.6) is 0 Å². The molecule has 2 fully saturated rings. The summed E-state index contributed by atoms with van der Waals surface area (Å²) in [7, 11) is 0. The number of carboxylic acids is 1. The van der Waals surface area contributed by atoms with E-state index in [4.69, 9.17) is 15.6 Å². The third-order valence-corrected chi connectivity index (χ3v) is 4.59. The lowest BCUT2D eigenvalue weighted by Crippen LogP contribution is -2.60. The van der Waals surface area contributed by atoms with Crippen LogP contribution in [0.15, 0.2) is 0 Å². The quantitative estimate of drug-likeness (QED) is 0.745. The Labute approximate surface area is 112 Å². The lowest BCUT2D eigenvalue weighted by molar-refractivity contribution is -0.159. The number of amides is 1. The summed E-state index contributed by atoms with van der Waals surface area (Å²) in [5.74, 6) is -1.05. The van der Waals surface area contributed by atoms with Gasteiger partial charge in [0.1, 0.15) is 0 Å². The molecule has 2 saturated heterocycles. The molecule has 0 spiro atoms. The number of carbonyl (C=O) groups excluding carboxylic acids is 1. The minimum atomic E-state index is -0.795. The molecule has 0 aromatic heterocycles. The van der Waals surface area contributed by atoms with Crippen molar-refractivity contribution in [3.63, 3.8) is 0 Å². The number of ether oxygens (including phenoxy) is 1.